The van der Waals surface area contributed by atoms with Gasteiger partial charge >= 0.3 is 0 Å². The maximum Gasteiger partial charge on any atom is 0.201 e. The second kappa shape index (κ2) is 3.44. The van der Waals surface area contributed by atoms with Gasteiger partial charge in [-0.3, -0.25) is 9.59 Å². The first-order valence-electron chi connectivity index (χ1n) is 3.86. The number of ketones is 2. The maximum atomic E-state index is 11.7. The summed E-state index contributed by atoms with van der Waals surface area (Å²) in [7, 11) is 0. The van der Waals surface area contributed by atoms with Gasteiger partial charge in [0.1, 0.15) is 0 Å². The van der Waals surface area contributed by atoms with E-state index < -0.39 is 0 Å². The fourth-order valence-corrected chi connectivity index (χ4v) is 2.29. The van der Waals surface area contributed by atoms with E-state index in [4.69, 9.17) is 0 Å². The minimum atomic E-state index is -0.160. The molecule has 2 rings (SSSR count). The second-order valence-electron chi connectivity index (χ2n) is 2.85. The highest BCUT2D eigenvalue weighted by molar-refractivity contribution is 9.12. The van der Waals surface area contributed by atoms with Gasteiger partial charge in [-0.15, -0.1) is 0 Å². The summed E-state index contributed by atoms with van der Waals surface area (Å²) >= 11 is 6.32. The Morgan fingerprint density at radius 2 is 1.79 bits per heavy atom. The van der Waals surface area contributed by atoms with Crippen LogP contribution in [0, 0.1) is 0 Å². The highest BCUT2D eigenvalue weighted by Gasteiger charge is 2.25. The summed E-state index contributed by atoms with van der Waals surface area (Å²) in [5.41, 5.74) is 0.888. The van der Waals surface area contributed by atoms with E-state index in [-0.39, 0.29) is 11.6 Å². The van der Waals surface area contributed by atoms with Crippen LogP contribution in [-0.4, -0.2) is 11.6 Å². The number of carbonyl (C=O) groups is 2. The van der Waals surface area contributed by atoms with Gasteiger partial charge in [0, 0.05) is 21.7 Å². The largest absolute Gasteiger partial charge is 0.289 e. The molecule has 1 aliphatic rings. The monoisotopic (exact) mass is 314 g/mol. The molecule has 1 aliphatic carbocycles. The third-order valence-electron chi connectivity index (χ3n) is 1.98. The fourth-order valence-electron chi connectivity index (χ4n) is 1.34. The summed E-state index contributed by atoms with van der Waals surface area (Å²) in [5, 5.41) is 0. The number of hydrogen-bond donors (Lipinski definition) is 0. The van der Waals surface area contributed by atoms with Gasteiger partial charge in [-0.1, -0.05) is 28.1 Å². The molecule has 0 saturated carbocycles. The first-order chi connectivity index (χ1) is 6.61. The summed E-state index contributed by atoms with van der Waals surface area (Å²) in [6.45, 7) is 0. The molecule has 0 heterocycles. The molecule has 14 heavy (non-hydrogen) atoms. The van der Waals surface area contributed by atoms with E-state index in [1.54, 1.807) is 18.2 Å². The van der Waals surface area contributed by atoms with Crippen LogP contribution in [0.25, 0.3) is 0 Å². The number of carbonyl (C=O) groups excluding carboxylic acids is 2. The normalized spacial score (nSPS) is 15.1. The van der Waals surface area contributed by atoms with Crippen molar-refractivity contribution in [1.29, 1.82) is 0 Å². The average molecular weight is 316 g/mol. The summed E-state index contributed by atoms with van der Waals surface area (Å²) in [6.07, 6.45) is 1.30. The molecule has 0 amide bonds. The number of hydrogen-bond acceptors (Lipinski definition) is 2. The smallest absolute Gasteiger partial charge is 0.201 e. The van der Waals surface area contributed by atoms with Gasteiger partial charge in [-0.05, 0) is 22.0 Å². The molecular weight excluding hydrogens is 312 g/mol. The summed E-state index contributed by atoms with van der Waals surface area (Å²) in [6, 6.07) is 5.13. The topological polar surface area (TPSA) is 34.1 Å². The molecule has 0 unspecified atom stereocenters. The van der Waals surface area contributed by atoms with Gasteiger partial charge in [-0.25, -0.2) is 0 Å². The zero-order valence-electron chi connectivity index (χ0n) is 6.88. The van der Waals surface area contributed by atoms with Crippen molar-refractivity contribution in [2.24, 2.45) is 0 Å². The van der Waals surface area contributed by atoms with E-state index in [0.29, 0.717) is 20.1 Å². The number of halogens is 2. The van der Waals surface area contributed by atoms with Crippen LogP contribution >= 0.6 is 31.9 Å². The molecule has 0 atom stereocenters. The molecule has 1 aromatic rings. The predicted octanol–water partition coefficient (Wildman–Crippen LogP) is 3.11. The molecule has 0 fully saturated rings. The lowest BCUT2D eigenvalue weighted by molar-refractivity contribution is 0.0991. The SMILES string of the molecule is O=C1C=C(Br)C(=O)c2c(Br)cccc21. The van der Waals surface area contributed by atoms with E-state index >= 15 is 0 Å². The van der Waals surface area contributed by atoms with Crippen molar-refractivity contribution in [3.05, 3.63) is 44.4 Å². The van der Waals surface area contributed by atoms with Crippen molar-refractivity contribution in [2.75, 3.05) is 0 Å². The van der Waals surface area contributed by atoms with Crippen molar-refractivity contribution in [3.63, 3.8) is 0 Å². The van der Waals surface area contributed by atoms with Crippen LogP contribution in [-0.2, 0) is 0 Å². The molecule has 4 heteroatoms. The zero-order valence-corrected chi connectivity index (χ0v) is 10.1. The fraction of sp³-hybridized carbons (Fsp3) is 0. The number of allylic oxidation sites excluding steroid dienone is 2. The van der Waals surface area contributed by atoms with Crippen molar-refractivity contribution < 1.29 is 9.59 Å². The van der Waals surface area contributed by atoms with Crippen LogP contribution in [0.4, 0.5) is 0 Å². The highest BCUT2D eigenvalue weighted by atomic mass is 79.9. The first-order valence-corrected chi connectivity index (χ1v) is 5.44. The van der Waals surface area contributed by atoms with Crippen LogP contribution in [0.3, 0.4) is 0 Å². The van der Waals surface area contributed by atoms with Crippen LogP contribution in [0.2, 0.25) is 0 Å². The van der Waals surface area contributed by atoms with Crippen molar-refractivity contribution in [3.8, 4) is 0 Å². The van der Waals surface area contributed by atoms with Gasteiger partial charge < -0.3 is 0 Å². The van der Waals surface area contributed by atoms with E-state index in [2.05, 4.69) is 31.9 Å². The van der Waals surface area contributed by atoms with Crippen molar-refractivity contribution >= 4 is 43.4 Å². The van der Waals surface area contributed by atoms with Gasteiger partial charge in [-0.2, -0.15) is 0 Å². The molecule has 0 radical (unpaired) electrons. The van der Waals surface area contributed by atoms with Gasteiger partial charge in [0.2, 0.25) is 5.78 Å². The Labute approximate surface area is 97.3 Å². The van der Waals surface area contributed by atoms with Crippen LogP contribution in [0.15, 0.2) is 33.2 Å². The molecule has 0 aromatic heterocycles. The Kier molecular flexibility index (Phi) is 2.41. The Hall–Kier alpha value is -0.740. The minimum absolute atomic E-state index is 0.146. The third-order valence-corrected chi connectivity index (χ3v) is 3.23. The number of benzene rings is 1. The molecule has 0 bridgehead atoms. The number of Topliss-reactive ketones (excluding diaryl/α,β-unsaturated/α-hetero) is 1. The van der Waals surface area contributed by atoms with Gasteiger partial charge in [0.05, 0.1) is 4.48 Å². The molecule has 70 valence electrons. The lowest BCUT2D eigenvalue weighted by Crippen LogP contribution is -2.14. The first kappa shape index (κ1) is 9.80. The Morgan fingerprint density at radius 1 is 1.07 bits per heavy atom. The molecule has 1 aromatic carbocycles. The Balaban J connectivity index is 2.76. The standard InChI is InChI=1S/C10H4Br2O2/c11-6-3-1-2-5-8(13)4-7(12)10(14)9(5)6/h1-4H. The molecule has 0 N–H and O–H groups in total. The van der Waals surface area contributed by atoms with E-state index in [9.17, 15) is 9.59 Å². The van der Waals surface area contributed by atoms with Gasteiger partial charge in [0.25, 0.3) is 0 Å². The van der Waals surface area contributed by atoms with Crippen molar-refractivity contribution in [1.82, 2.24) is 0 Å². The average Bonchev–Trinajstić information content (AvgIpc) is 2.14. The lowest BCUT2D eigenvalue weighted by atomic mass is 9.95. The van der Waals surface area contributed by atoms with Crippen LogP contribution in [0.5, 0.6) is 0 Å². The van der Waals surface area contributed by atoms with Crippen LogP contribution in [0.1, 0.15) is 20.7 Å². The third kappa shape index (κ3) is 1.38. The molecule has 0 aliphatic heterocycles. The summed E-state index contributed by atoms with van der Waals surface area (Å²) in [5.74, 6) is -0.306. The Morgan fingerprint density at radius 3 is 2.50 bits per heavy atom. The zero-order chi connectivity index (χ0) is 10.3. The number of fused-ring (bicyclic) bond motifs is 1. The predicted molar refractivity (Wildman–Crippen MR) is 59.8 cm³/mol. The van der Waals surface area contributed by atoms with Crippen molar-refractivity contribution in [2.45, 2.75) is 0 Å². The van der Waals surface area contributed by atoms with E-state index in [1.165, 1.54) is 6.08 Å². The molecule has 0 spiro atoms. The summed E-state index contributed by atoms with van der Waals surface area (Å²) < 4.78 is 0.959. The van der Waals surface area contributed by atoms with Crippen LogP contribution < -0.4 is 0 Å². The maximum absolute atomic E-state index is 11.7. The highest BCUT2D eigenvalue weighted by Crippen LogP contribution is 2.29. The minimum Gasteiger partial charge on any atom is -0.289 e. The summed E-state index contributed by atoms with van der Waals surface area (Å²) in [4.78, 5) is 23.2. The molecule has 0 saturated heterocycles. The molecular formula is C10H4Br2O2. The quantitative estimate of drug-likeness (QED) is 0.737. The number of rotatable bonds is 0. The van der Waals surface area contributed by atoms with E-state index in [1.807, 2.05) is 0 Å². The van der Waals surface area contributed by atoms with Gasteiger partial charge in [0.15, 0.2) is 5.78 Å². The Bertz CT molecular complexity index is 475. The second-order valence-corrected chi connectivity index (χ2v) is 4.56. The lowest BCUT2D eigenvalue weighted by Gasteiger charge is -2.12. The molecule has 2 nitrogen and oxygen atoms in total. The van der Waals surface area contributed by atoms with E-state index in [0.717, 1.165) is 0 Å².